The molecule has 0 fully saturated rings. The fraction of sp³-hybridized carbons (Fsp3) is 0.111. The number of fused-ring (bicyclic) bond motifs is 1. The first-order valence-corrected chi connectivity index (χ1v) is 12.0. The molecule has 0 radical (unpaired) electrons. The zero-order valence-corrected chi connectivity index (χ0v) is 19.9. The standard InChI is InChI=1S/C27H21ClN2O3S/c1-2-33-24-14-17(8-13-23(24)31)15-25-26(32)30-22(19-9-11-20(28)12-10-19)16-21(29-27(30)34-25)18-6-4-3-5-7-18/h3-16,22,31H,2H2,1H3. The number of phenols is 1. The second-order valence-electron chi connectivity index (χ2n) is 7.75. The van der Waals surface area contributed by atoms with Gasteiger partial charge in [0.25, 0.3) is 5.56 Å². The number of rotatable bonds is 5. The van der Waals surface area contributed by atoms with E-state index in [1.807, 2.05) is 67.6 Å². The Hall–Kier alpha value is -3.61. The summed E-state index contributed by atoms with van der Waals surface area (Å²) in [5, 5.41) is 10.6. The molecule has 170 valence electrons. The van der Waals surface area contributed by atoms with E-state index in [0.29, 0.717) is 26.7 Å². The van der Waals surface area contributed by atoms with Crippen molar-refractivity contribution >= 4 is 34.7 Å². The Kier molecular flexibility index (Phi) is 6.09. The van der Waals surface area contributed by atoms with Crippen molar-refractivity contribution in [1.82, 2.24) is 4.57 Å². The fourth-order valence-corrected chi connectivity index (χ4v) is 5.03. The van der Waals surface area contributed by atoms with Crippen LogP contribution in [0.3, 0.4) is 0 Å². The van der Waals surface area contributed by atoms with Crippen LogP contribution in [0, 0.1) is 0 Å². The normalized spacial score (nSPS) is 15.4. The summed E-state index contributed by atoms with van der Waals surface area (Å²) in [7, 11) is 0. The first-order valence-electron chi connectivity index (χ1n) is 10.8. The van der Waals surface area contributed by atoms with Gasteiger partial charge in [-0.15, -0.1) is 0 Å². The molecule has 1 N–H and O–H groups in total. The van der Waals surface area contributed by atoms with Crippen LogP contribution in [0.2, 0.25) is 5.02 Å². The molecule has 1 aliphatic heterocycles. The maximum Gasteiger partial charge on any atom is 0.271 e. The van der Waals surface area contributed by atoms with Crippen molar-refractivity contribution in [2.75, 3.05) is 6.61 Å². The fourth-order valence-electron chi connectivity index (χ4n) is 3.89. The maximum absolute atomic E-state index is 13.5. The zero-order chi connectivity index (χ0) is 23.7. The summed E-state index contributed by atoms with van der Waals surface area (Å²) in [5.74, 6) is 0.449. The van der Waals surface area contributed by atoms with Gasteiger partial charge in [0.2, 0.25) is 0 Å². The second-order valence-corrected chi connectivity index (χ2v) is 9.20. The van der Waals surface area contributed by atoms with E-state index in [9.17, 15) is 9.90 Å². The molecule has 0 spiro atoms. The Morgan fingerprint density at radius 1 is 1.12 bits per heavy atom. The molecule has 5 nitrogen and oxygen atoms in total. The molecule has 1 aromatic heterocycles. The quantitative estimate of drug-likeness (QED) is 0.440. The van der Waals surface area contributed by atoms with Gasteiger partial charge in [-0.25, -0.2) is 4.99 Å². The van der Waals surface area contributed by atoms with Crippen LogP contribution >= 0.6 is 22.9 Å². The van der Waals surface area contributed by atoms with Crippen LogP contribution in [-0.4, -0.2) is 16.3 Å². The molecular formula is C27H21ClN2O3S. The molecule has 1 unspecified atom stereocenters. The Bertz CT molecular complexity index is 1550. The largest absolute Gasteiger partial charge is 0.504 e. The molecule has 0 amide bonds. The van der Waals surface area contributed by atoms with E-state index in [1.54, 1.807) is 28.8 Å². The van der Waals surface area contributed by atoms with Gasteiger partial charge in [-0.05, 0) is 60.0 Å². The number of allylic oxidation sites excluding steroid dienone is 1. The maximum atomic E-state index is 13.5. The van der Waals surface area contributed by atoms with E-state index in [1.165, 1.54) is 11.3 Å². The summed E-state index contributed by atoms with van der Waals surface area (Å²) < 4.78 is 7.75. The van der Waals surface area contributed by atoms with Crippen LogP contribution in [0.4, 0.5) is 0 Å². The van der Waals surface area contributed by atoms with Crippen LogP contribution in [0.5, 0.6) is 11.5 Å². The summed E-state index contributed by atoms with van der Waals surface area (Å²) in [6.07, 6.45) is 3.81. The SMILES string of the molecule is CCOc1cc(C=c2sc3n(c2=O)C(c2ccc(Cl)cc2)C=C(c2ccccc2)N=3)ccc1O. The molecule has 2 heterocycles. The molecule has 1 aliphatic rings. The minimum Gasteiger partial charge on any atom is -0.504 e. The van der Waals surface area contributed by atoms with Crippen molar-refractivity contribution in [2.45, 2.75) is 13.0 Å². The number of ether oxygens (including phenoxy) is 1. The molecule has 0 saturated carbocycles. The lowest BCUT2D eigenvalue weighted by Crippen LogP contribution is -2.36. The van der Waals surface area contributed by atoms with Crippen LogP contribution in [-0.2, 0) is 0 Å². The van der Waals surface area contributed by atoms with Gasteiger partial charge < -0.3 is 9.84 Å². The predicted octanol–water partition coefficient (Wildman–Crippen LogP) is 4.76. The van der Waals surface area contributed by atoms with Gasteiger partial charge >= 0.3 is 0 Å². The Morgan fingerprint density at radius 3 is 2.62 bits per heavy atom. The second kappa shape index (κ2) is 9.33. The molecule has 34 heavy (non-hydrogen) atoms. The minimum absolute atomic E-state index is 0.0655. The zero-order valence-electron chi connectivity index (χ0n) is 18.3. The number of hydrogen-bond acceptors (Lipinski definition) is 5. The van der Waals surface area contributed by atoms with Crippen molar-refractivity contribution in [3.8, 4) is 11.5 Å². The number of nitrogens with zero attached hydrogens (tertiary/aromatic N) is 2. The Labute approximate surface area is 205 Å². The van der Waals surface area contributed by atoms with Crippen molar-refractivity contribution in [3.05, 3.63) is 120 Å². The molecule has 4 aromatic rings. The number of halogens is 1. The molecule has 0 aliphatic carbocycles. The lowest BCUT2D eigenvalue weighted by atomic mass is 10.0. The van der Waals surface area contributed by atoms with Crippen LogP contribution in [0.15, 0.2) is 88.7 Å². The first kappa shape index (κ1) is 22.2. The number of aromatic nitrogens is 1. The highest BCUT2D eigenvalue weighted by Crippen LogP contribution is 2.28. The van der Waals surface area contributed by atoms with Crippen LogP contribution < -0.4 is 19.6 Å². The molecule has 1 atom stereocenters. The molecule has 0 saturated heterocycles. The van der Waals surface area contributed by atoms with Crippen LogP contribution in [0.1, 0.15) is 29.7 Å². The van der Waals surface area contributed by atoms with Crippen molar-refractivity contribution in [2.24, 2.45) is 4.99 Å². The smallest absolute Gasteiger partial charge is 0.271 e. The molecule has 7 heteroatoms. The van der Waals surface area contributed by atoms with Gasteiger partial charge in [-0.2, -0.15) is 0 Å². The number of phenolic OH excluding ortho intramolecular Hbond substituents is 1. The molecule has 3 aromatic carbocycles. The number of hydrogen-bond donors (Lipinski definition) is 1. The van der Waals surface area contributed by atoms with Crippen molar-refractivity contribution in [3.63, 3.8) is 0 Å². The average Bonchev–Trinajstić information content (AvgIpc) is 3.17. The highest BCUT2D eigenvalue weighted by atomic mass is 35.5. The van der Waals surface area contributed by atoms with E-state index in [-0.39, 0.29) is 17.4 Å². The molecular weight excluding hydrogens is 468 g/mol. The third-order valence-corrected chi connectivity index (χ3v) is 6.74. The van der Waals surface area contributed by atoms with Crippen molar-refractivity contribution in [1.29, 1.82) is 0 Å². The van der Waals surface area contributed by atoms with Gasteiger partial charge in [-0.3, -0.25) is 9.36 Å². The topological polar surface area (TPSA) is 63.8 Å². The summed E-state index contributed by atoms with van der Waals surface area (Å²) in [6.45, 7) is 2.29. The van der Waals surface area contributed by atoms with E-state index < -0.39 is 0 Å². The Balaban J connectivity index is 1.69. The molecule has 0 bridgehead atoms. The minimum atomic E-state index is -0.315. The number of thiazole rings is 1. The van der Waals surface area contributed by atoms with Gasteiger partial charge in [0.05, 0.1) is 22.9 Å². The monoisotopic (exact) mass is 488 g/mol. The van der Waals surface area contributed by atoms with Crippen molar-refractivity contribution < 1.29 is 9.84 Å². The van der Waals surface area contributed by atoms with Gasteiger partial charge in [0, 0.05) is 5.02 Å². The summed E-state index contributed by atoms with van der Waals surface area (Å²) in [5.41, 5.74) is 3.38. The van der Waals surface area contributed by atoms with E-state index in [0.717, 1.165) is 22.4 Å². The van der Waals surface area contributed by atoms with E-state index >= 15 is 0 Å². The third kappa shape index (κ3) is 4.30. The van der Waals surface area contributed by atoms with Gasteiger partial charge in [0.15, 0.2) is 16.3 Å². The lowest BCUT2D eigenvalue weighted by molar-refractivity contribution is 0.318. The van der Waals surface area contributed by atoms with E-state index in [2.05, 4.69) is 0 Å². The predicted molar refractivity (Wildman–Crippen MR) is 136 cm³/mol. The summed E-state index contributed by atoms with van der Waals surface area (Å²) >= 11 is 7.45. The van der Waals surface area contributed by atoms with Crippen LogP contribution in [0.25, 0.3) is 11.8 Å². The molecule has 5 rings (SSSR count). The summed E-state index contributed by atoms with van der Waals surface area (Å²) in [6, 6.07) is 22.2. The first-order chi connectivity index (χ1) is 16.5. The van der Waals surface area contributed by atoms with Gasteiger partial charge in [-0.1, -0.05) is 71.5 Å². The van der Waals surface area contributed by atoms with E-state index in [4.69, 9.17) is 21.3 Å². The number of aromatic hydroxyl groups is 1. The highest BCUT2D eigenvalue weighted by Gasteiger charge is 2.22. The Morgan fingerprint density at radius 2 is 1.88 bits per heavy atom. The average molecular weight is 489 g/mol. The summed E-state index contributed by atoms with van der Waals surface area (Å²) in [4.78, 5) is 19.0. The third-order valence-electron chi connectivity index (χ3n) is 5.51. The van der Waals surface area contributed by atoms with Gasteiger partial charge in [0.1, 0.15) is 0 Å². The number of benzene rings is 3. The highest BCUT2D eigenvalue weighted by molar-refractivity contribution is 7.07. The lowest BCUT2D eigenvalue weighted by Gasteiger charge is -2.19.